The fraction of sp³-hybridized carbons (Fsp3) is 0.526. The Labute approximate surface area is 158 Å². The number of benzene rings is 1. The maximum atomic E-state index is 12.3. The predicted octanol–water partition coefficient (Wildman–Crippen LogP) is 3.07. The number of rotatable bonds is 5. The van der Waals surface area contributed by atoms with Crippen LogP contribution in [0.15, 0.2) is 30.3 Å². The van der Waals surface area contributed by atoms with Gasteiger partial charge in [0.15, 0.2) is 0 Å². The van der Waals surface area contributed by atoms with Crippen LogP contribution in [0.25, 0.3) is 6.08 Å². The first-order valence-electron chi connectivity index (χ1n) is 8.81. The van der Waals surface area contributed by atoms with E-state index in [1.807, 2.05) is 36.0 Å². The number of nitrogens with one attached hydrogen (secondary N) is 1. The minimum absolute atomic E-state index is 0.0641. The van der Waals surface area contributed by atoms with Gasteiger partial charge in [0, 0.05) is 36.3 Å². The van der Waals surface area contributed by atoms with Gasteiger partial charge in [-0.3, -0.25) is 9.69 Å². The first-order chi connectivity index (χ1) is 12.2. The van der Waals surface area contributed by atoms with Gasteiger partial charge in [-0.25, -0.2) is 0 Å². The molecule has 136 valence electrons. The lowest BCUT2D eigenvalue weighted by Crippen LogP contribution is -2.60. The van der Waals surface area contributed by atoms with Crippen LogP contribution in [0.1, 0.15) is 18.4 Å². The molecule has 2 saturated heterocycles. The van der Waals surface area contributed by atoms with E-state index < -0.39 is 0 Å². The topological polar surface area (TPSA) is 41.6 Å². The van der Waals surface area contributed by atoms with E-state index in [4.69, 9.17) is 16.3 Å². The van der Waals surface area contributed by atoms with Crippen molar-refractivity contribution < 1.29 is 9.53 Å². The van der Waals surface area contributed by atoms with Crippen molar-refractivity contribution in [3.63, 3.8) is 0 Å². The SMILES string of the molecule is O=C(/C=C/c1ccccc1Cl)NCC1(N2CCOCC2)CCSCC1. The van der Waals surface area contributed by atoms with Crippen molar-refractivity contribution in [2.45, 2.75) is 18.4 Å². The Morgan fingerprint density at radius 2 is 2.00 bits per heavy atom. The smallest absolute Gasteiger partial charge is 0.244 e. The number of nitrogens with zero attached hydrogens (tertiary/aromatic N) is 1. The first-order valence-corrected chi connectivity index (χ1v) is 10.3. The summed E-state index contributed by atoms with van der Waals surface area (Å²) in [5.74, 6) is 2.25. The minimum Gasteiger partial charge on any atom is -0.379 e. The van der Waals surface area contributed by atoms with Gasteiger partial charge in [-0.2, -0.15) is 11.8 Å². The van der Waals surface area contributed by atoms with Crippen LogP contribution in [0.3, 0.4) is 0 Å². The molecule has 2 aliphatic rings. The molecule has 1 aromatic carbocycles. The standard InChI is InChI=1S/C19H25ClN2O2S/c20-17-4-2-1-3-16(17)5-6-18(23)21-15-19(7-13-25-14-8-19)22-9-11-24-12-10-22/h1-6H,7-15H2,(H,21,23)/b6-5+. The van der Waals surface area contributed by atoms with Crippen LogP contribution in [0, 0.1) is 0 Å². The molecule has 25 heavy (non-hydrogen) atoms. The predicted molar refractivity (Wildman–Crippen MR) is 105 cm³/mol. The van der Waals surface area contributed by atoms with Crippen molar-refractivity contribution in [3.05, 3.63) is 40.9 Å². The minimum atomic E-state index is -0.0641. The molecule has 0 aliphatic carbocycles. The van der Waals surface area contributed by atoms with Gasteiger partial charge in [-0.05, 0) is 42.1 Å². The Balaban J connectivity index is 1.60. The maximum Gasteiger partial charge on any atom is 0.244 e. The summed E-state index contributed by atoms with van der Waals surface area (Å²) in [6.45, 7) is 4.18. The number of morpholine rings is 1. The molecule has 2 aliphatic heterocycles. The summed E-state index contributed by atoms with van der Waals surface area (Å²) < 4.78 is 5.50. The first kappa shape index (κ1) is 18.8. The van der Waals surface area contributed by atoms with Crippen LogP contribution in [0.4, 0.5) is 0 Å². The summed E-state index contributed by atoms with van der Waals surface area (Å²) in [7, 11) is 0. The number of carbonyl (C=O) groups excluding carboxylic acids is 1. The number of carbonyl (C=O) groups is 1. The number of amides is 1. The number of thioether (sulfide) groups is 1. The van der Waals surface area contributed by atoms with Crippen LogP contribution in [-0.2, 0) is 9.53 Å². The van der Waals surface area contributed by atoms with E-state index in [0.717, 1.165) is 56.2 Å². The molecular formula is C19H25ClN2O2S. The quantitative estimate of drug-likeness (QED) is 0.797. The molecule has 1 aromatic rings. The van der Waals surface area contributed by atoms with Crippen molar-refractivity contribution in [2.24, 2.45) is 0 Å². The van der Waals surface area contributed by atoms with Crippen LogP contribution in [0.2, 0.25) is 5.02 Å². The molecule has 4 nitrogen and oxygen atoms in total. The van der Waals surface area contributed by atoms with Gasteiger partial charge < -0.3 is 10.1 Å². The highest BCUT2D eigenvalue weighted by Crippen LogP contribution is 2.32. The molecule has 3 rings (SSSR count). The zero-order chi connectivity index (χ0) is 17.5. The lowest BCUT2D eigenvalue weighted by molar-refractivity contribution is -0.117. The van der Waals surface area contributed by atoms with Gasteiger partial charge in [0.1, 0.15) is 0 Å². The molecule has 1 N–H and O–H groups in total. The van der Waals surface area contributed by atoms with Gasteiger partial charge in [-0.1, -0.05) is 29.8 Å². The third kappa shape index (κ3) is 5.00. The molecule has 0 atom stereocenters. The van der Waals surface area contributed by atoms with E-state index in [9.17, 15) is 4.79 Å². The molecule has 2 heterocycles. The third-order valence-corrected chi connectivity index (χ3v) is 6.35. The second kappa shape index (κ2) is 9.08. The average molecular weight is 381 g/mol. The lowest BCUT2D eigenvalue weighted by Gasteiger charge is -2.47. The van der Waals surface area contributed by atoms with Crippen LogP contribution < -0.4 is 5.32 Å². The summed E-state index contributed by atoms with van der Waals surface area (Å²) in [4.78, 5) is 14.8. The van der Waals surface area contributed by atoms with Crippen LogP contribution >= 0.6 is 23.4 Å². The molecule has 0 bridgehead atoms. The van der Waals surface area contributed by atoms with Gasteiger partial charge >= 0.3 is 0 Å². The second-order valence-electron chi connectivity index (χ2n) is 6.51. The van der Waals surface area contributed by atoms with Gasteiger partial charge in [-0.15, -0.1) is 0 Å². The number of ether oxygens (including phenoxy) is 1. The van der Waals surface area contributed by atoms with E-state index in [1.165, 1.54) is 0 Å². The Morgan fingerprint density at radius 3 is 2.72 bits per heavy atom. The highest BCUT2D eigenvalue weighted by atomic mass is 35.5. The summed E-state index contributed by atoms with van der Waals surface area (Å²) in [6, 6.07) is 7.52. The lowest BCUT2D eigenvalue weighted by atomic mass is 9.89. The van der Waals surface area contributed by atoms with Crippen molar-refractivity contribution in [1.29, 1.82) is 0 Å². The number of hydrogen-bond acceptors (Lipinski definition) is 4. The molecule has 0 spiro atoms. The molecule has 2 fully saturated rings. The van der Waals surface area contributed by atoms with Crippen LogP contribution in [0.5, 0.6) is 0 Å². The molecule has 6 heteroatoms. The summed E-state index contributed by atoms with van der Waals surface area (Å²) in [5.41, 5.74) is 0.930. The Kier molecular flexibility index (Phi) is 6.82. The highest BCUT2D eigenvalue weighted by molar-refractivity contribution is 7.99. The van der Waals surface area contributed by atoms with Crippen molar-refractivity contribution in [1.82, 2.24) is 10.2 Å². The zero-order valence-corrected chi connectivity index (χ0v) is 16.0. The highest BCUT2D eigenvalue weighted by Gasteiger charge is 2.38. The van der Waals surface area contributed by atoms with Crippen LogP contribution in [-0.4, -0.2) is 60.7 Å². The molecular weight excluding hydrogens is 356 g/mol. The Hall–Kier alpha value is -1.01. The fourth-order valence-electron chi connectivity index (χ4n) is 3.48. The second-order valence-corrected chi connectivity index (χ2v) is 8.14. The van der Waals surface area contributed by atoms with Crippen molar-refractivity contribution in [3.8, 4) is 0 Å². The number of halogens is 1. The molecule has 0 radical (unpaired) electrons. The molecule has 0 saturated carbocycles. The molecule has 0 unspecified atom stereocenters. The van der Waals surface area contributed by atoms with E-state index >= 15 is 0 Å². The average Bonchev–Trinajstić information content (AvgIpc) is 2.67. The molecule has 0 aromatic heterocycles. The Morgan fingerprint density at radius 1 is 1.28 bits per heavy atom. The summed E-state index contributed by atoms with van der Waals surface area (Å²) >= 11 is 8.13. The molecule has 1 amide bonds. The van der Waals surface area contributed by atoms with E-state index in [0.29, 0.717) is 11.6 Å². The van der Waals surface area contributed by atoms with Gasteiger partial charge in [0.05, 0.1) is 13.2 Å². The normalized spacial score (nSPS) is 21.3. The zero-order valence-electron chi connectivity index (χ0n) is 14.4. The third-order valence-electron chi connectivity index (χ3n) is 5.02. The van der Waals surface area contributed by atoms with E-state index in [-0.39, 0.29) is 11.4 Å². The fourth-order valence-corrected chi connectivity index (χ4v) is 4.93. The summed E-state index contributed by atoms with van der Waals surface area (Å²) in [6.07, 6.45) is 5.58. The van der Waals surface area contributed by atoms with Gasteiger partial charge in [0.25, 0.3) is 0 Å². The van der Waals surface area contributed by atoms with Crippen molar-refractivity contribution in [2.75, 3.05) is 44.4 Å². The van der Waals surface area contributed by atoms with E-state index in [2.05, 4.69) is 10.2 Å². The maximum absolute atomic E-state index is 12.3. The summed E-state index contributed by atoms with van der Waals surface area (Å²) in [5, 5.41) is 3.77. The number of hydrogen-bond donors (Lipinski definition) is 1. The monoisotopic (exact) mass is 380 g/mol. The van der Waals surface area contributed by atoms with E-state index in [1.54, 1.807) is 12.2 Å². The van der Waals surface area contributed by atoms with Crippen molar-refractivity contribution >= 4 is 35.3 Å². The van der Waals surface area contributed by atoms with Gasteiger partial charge in [0.2, 0.25) is 5.91 Å². The Bertz CT molecular complexity index is 611. The largest absolute Gasteiger partial charge is 0.379 e.